The van der Waals surface area contributed by atoms with Gasteiger partial charge in [0, 0.05) is 12.8 Å². The van der Waals surface area contributed by atoms with Gasteiger partial charge in [0.15, 0.2) is 6.10 Å². The molecule has 0 aliphatic carbocycles. The molecule has 0 aromatic rings. The van der Waals surface area contributed by atoms with E-state index in [0.29, 0.717) is 17.4 Å². The van der Waals surface area contributed by atoms with Crippen LogP contribution in [0.25, 0.3) is 0 Å². The van der Waals surface area contributed by atoms with E-state index in [1.807, 2.05) is 21.1 Å². The first-order valence-corrected chi connectivity index (χ1v) is 32.3. The van der Waals surface area contributed by atoms with Crippen LogP contribution in [0.2, 0.25) is 0 Å². The Bertz CT molecular complexity index is 1550. The van der Waals surface area contributed by atoms with Crippen molar-refractivity contribution in [3.05, 3.63) is 85.1 Å². The molecule has 0 radical (unpaired) electrons. The van der Waals surface area contributed by atoms with Crippen molar-refractivity contribution in [2.45, 2.75) is 289 Å². The van der Waals surface area contributed by atoms with E-state index in [4.69, 9.17) is 18.9 Å². The summed E-state index contributed by atoms with van der Waals surface area (Å²) < 4.78 is 22.9. The summed E-state index contributed by atoms with van der Waals surface area (Å²) in [6, 6.07) is 0. The Kier molecular flexibility index (Phi) is 56.9. The van der Waals surface area contributed by atoms with Crippen LogP contribution in [-0.4, -0.2) is 87.4 Å². The monoisotopic (exact) mass is 1090 g/mol. The van der Waals surface area contributed by atoms with Crippen molar-refractivity contribution in [2.24, 2.45) is 0 Å². The third-order valence-corrected chi connectivity index (χ3v) is 13.9. The fraction of sp³-hybridized carbons (Fsp3) is 0.754. The Balaban J connectivity index is 4.08. The average Bonchev–Trinajstić information content (AvgIpc) is 3.41. The van der Waals surface area contributed by atoms with Crippen LogP contribution in [0, 0.1) is 0 Å². The molecule has 1 N–H and O–H groups in total. The Hall–Kier alpha value is -3.53. The lowest BCUT2D eigenvalue weighted by molar-refractivity contribution is -0.870. The molecular weight excluding hydrogens is 971 g/mol. The van der Waals surface area contributed by atoms with Crippen LogP contribution in [0.4, 0.5) is 0 Å². The molecule has 0 aliphatic rings. The zero-order chi connectivity index (χ0) is 56.9. The topological polar surface area (TPSA) is 108 Å². The molecule has 9 heteroatoms. The second-order valence-electron chi connectivity index (χ2n) is 22.7. The third kappa shape index (κ3) is 60.1. The molecule has 0 bridgehead atoms. The van der Waals surface area contributed by atoms with Gasteiger partial charge in [-0.25, -0.2) is 4.79 Å². The van der Waals surface area contributed by atoms with Crippen molar-refractivity contribution < 1.29 is 42.9 Å². The van der Waals surface area contributed by atoms with Crippen LogP contribution in [0.1, 0.15) is 277 Å². The van der Waals surface area contributed by atoms with E-state index in [1.165, 1.54) is 167 Å². The second kappa shape index (κ2) is 59.6. The molecule has 0 rings (SSSR count). The highest BCUT2D eigenvalue weighted by atomic mass is 16.7. The van der Waals surface area contributed by atoms with Gasteiger partial charge in [-0.2, -0.15) is 0 Å². The number of carboxylic acid groups (broad SMARTS) is 1. The van der Waals surface area contributed by atoms with Crippen LogP contribution in [-0.2, 0) is 33.3 Å². The normalized spacial score (nSPS) is 13.3. The van der Waals surface area contributed by atoms with Crippen molar-refractivity contribution in [1.82, 2.24) is 0 Å². The number of quaternary nitrogens is 1. The number of esters is 2. The molecule has 0 aromatic heterocycles. The predicted octanol–water partition coefficient (Wildman–Crippen LogP) is 19.5. The third-order valence-electron chi connectivity index (χ3n) is 13.9. The lowest BCUT2D eigenvalue weighted by Crippen LogP contribution is -2.40. The van der Waals surface area contributed by atoms with Crippen LogP contribution in [0.15, 0.2) is 85.1 Å². The number of unbranched alkanes of at least 4 members (excludes halogenated alkanes) is 30. The fourth-order valence-corrected chi connectivity index (χ4v) is 9.00. The lowest BCUT2D eigenvalue weighted by atomic mass is 10.0. The van der Waals surface area contributed by atoms with Crippen LogP contribution in [0.3, 0.4) is 0 Å². The van der Waals surface area contributed by atoms with Crippen molar-refractivity contribution in [3.63, 3.8) is 0 Å². The molecule has 9 nitrogen and oxygen atoms in total. The van der Waals surface area contributed by atoms with Crippen LogP contribution >= 0.6 is 0 Å². The Labute approximate surface area is 480 Å². The van der Waals surface area contributed by atoms with E-state index < -0.39 is 24.3 Å². The Morgan fingerprint density at radius 1 is 0.397 bits per heavy atom. The van der Waals surface area contributed by atoms with Gasteiger partial charge in [-0.15, -0.1) is 0 Å². The van der Waals surface area contributed by atoms with Gasteiger partial charge in [0.2, 0.25) is 0 Å². The zero-order valence-electron chi connectivity index (χ0n) is 51.3. The summed E-state index contributed by atoms with van der Waals surface area (Å²) in [6.07, 6.45) is 76.8. The molecule has 2 atom stereocenters. The summed E-state index contributed by atoms with van der Waals surface area (Å²) in [7, 11) is 5.97. The quantitative estimate of drug-likeness (QED) is 0.0211. The van der Waals surface area contributed by atoms with Gasteiger partial charge in [0.05, 0.1) is 34.4 Å². The molecule has 0 spiro atoms. The Morgan fingerprint density at radius 3 is 1.09 bits per heavy atom. The zero-order valence-corrected chi connectivity index (χ0v) is 51.3. The van der Waals surface area contributed by atoms with Gasteiger partial charge in [-0.1, -0.05) is 279 Å². The summed E-state index contributed by atoms with van der Waals surface area (Å²) in [6.45, 7) is 4.79. The van der Waals surface area contributed by atoms with E-state index in [9.17, 15) is 19.5 Å². The van der Waals surface area contributed by atoms with E-state index in [0.717, 1.165) is 83.5 Å². The maximum absolute atomic E-state index is 12.9. The van der Waals surface area contributed by atoms with Gasteiger partial charge in [0.1, 0.15) is 13.2 Å². The first kappa shape index (κ1) is 74.5. The predicted molar refractivity (Wildman–Crippen MR) is 332 cm³/mol. The maximum Gasteiger partial charge on any atom is 0.361 e. The Morgan fingerprint density at radius 2 is 0.731 bits per heavy atom. The summed E-state index contributed by atoms with van der Waals surface area (Å²) in [4.78, 5) is 37.5. The minimum absolute atomic E-state index is 0.180. The molecule has 0 saturated carbocycles. The molecule has 78 heavy (non-hydrogen) atoms. The van der Waals surface area contributed by atoms with Gasteiger partial charge < -0.3 is 28.5 Å². The highest BCUT2D eigenvalue weighted by Crippen LogP contribution is 2.17. The number of allylic oxidation sites excluding steroid dienone is 14. The molecule has 450 valence electrons. The molecule has 0 saturated heterocycles. The number of aliphatic carboxylic acids is 1. The van der Waals surface area contributed by atoms with Crippen molar-refractivity contribution >= 4 is 17.9 Å². The number of nitrogens with zero attached hydrogens (tertiary/aromatic N) is 1. The second-order valence-corrected chi connectivity index (χ2v) is 22.7. The minimum Gasteiger partial charge on any atom is -0.477 e. The number of likely N-dealkylation sites (N-methyl/N-ethyl adjacent to an activating group) is 1. The fourth-order valence-electron chi connectivity index (χ4n) is 9.00. The van der Waals surface area contributed by atoms with E-state index in [1.54, 1.807) is 0 Å². The van der Waals surface area contributed by atoms with Crippen molar-refractivity contribution in [2.75, 3.05) is 47.5 Å². The minimum atomic E-state index is -1.51. The highest BCUT2D eigenvalue weighted by Gasteiger charge is 2.25. The highest BCUT2D eigenvalue weighted by molar-refractivity contribution is 5.71. The first-order valence-electron chi connectivity index (χ1n) is 32.3. The number of hydrogen-bond donors (Lipinski definition) is 1. The van der Waals surface area contributed by atoms with Crippen molar-refractivity contribution in [1.29, 1.82) is 0 Å². The van der Waals surface area contributed by atoms with Gasteiger partial charge in [0.25, 0.3) is 6.29 Å². The first-order chi connectivity index (χ1) is 38.1. The van der Waals surface area contributed by atoms with Gasteiger partial charge >= 0.3 is 17.9 Å². The lowest BCUT2D eigenvalue weighted by Gasteiger charge is -2.25. The molecule has 2 unspecified atom stereocenters. The number of carboxylic acids is 1. The summed E-state index contributed by atoms with van der Waals surface area (Å²) >= 11 is 0. The van der Waals surface area contributed by atoms with Gasteiger partial charge in [-0.05, 0) is 70.6 Å². The molecule has 0 fully saturated rings. The number of carbonyl (C=O) groups excluding carboxylic acids is 2. The van der Waals surface area contributed by atoms with Crippen LogP contribution < -0.4 is 0 Å². The molecule has 0 aromatic carbocycles. The number of hydrogen-bond acceptors (Lipinski definition) is 7. The standard InChI is InChI=1S/C69H121NO8/c1-6-8-10-12-14-16-18-20-22-24-25-26-27-28-29-30-31-32-33-34-35-36-37-38-39-40-41-42-43-44-46-48-50-52-54-56-58-60-67(72)78-65(64-77-69(68(73)74)75-62-61-70(3,4)5)63-76-66(71)59-57-55-53-51-49-47-45-23-21-19-17-15-13-11-9-7-2/h8,10,14,16,20,22,25-26,28-29,31-32,34-35,65,69H,6-7,9,11-13,15,17-19,21,23-24,27,30,33,36-64H2,1-5H3/p+1/b10-8-,16-14-,22-20-,26-25-,29-28-,32-31-,35-34-. The van der Waals surface area contributed by atoms with Crippen LogP contribution in [0.5, 0.6) is 0 Å². The average molecular weight is 1090 g/mol. The maximum atomic E-state index is 12.9. The van der Waals surface area contributed by atoms with E-state index in [-0.39, 0.29) is 32.2 Å². The summed E-state index contributed by atoms with van der Waals surface area (Å²) in [5, 5.41) is 9.71. The summed E-state index contributed by atoms with van der Waals surface area (Å²) in [5.41, 5.74) is 0. The van der Waals surface area contributed by atoms with Crippen molar-refractivity contribution in [3.8, 4) is 0 Å². The molecule has 0 amide bonds. The summed E-state index contributed by atoms with van der Waals surface area (Å²) in [5.74, 6) is -1.99. The number of rotatable bonds is 59. The molecular formula is C69H122NO8+. The molecule has 0 heterocycles. The van der Waals surface area contributed by atoms with E-state index >= 15 is 0 Å². The number of carbonyl (C=O) groups is 3. The SMILES string of the molecule is CC/C=C\C/C=C\C/C=C\C/C=C\C/C=C\C/C=C\C/C=C\CCCCCCCCCCCCCCCCCC(=O)OC(COC(=O)CCCCCCCCCCCCCCCCCC)COC(OCC[N+](C)(C)C)C(=O)O. The largest absolute Gasteiger partial charge is 0.477 e. The number of ether oxygens (including phenoxy) is 4. The smallest absolute Gasteiger partial charge is 0.361 e. The van der Waals surface area contributed by atoms with Gasteiger partial charge in [-0.3, -0.25) is 9.59 Å². The molecule has 0 aliphatic heterocycles. The van der Waals surface area contributed by atoms with E-state index in [2.05, 4.69) is 98.9 Å².